The Labute approximate surface area is 114 Å². The molecule has 1 aliphatic carbocycles. The van der Waals surface area contributed by atoms with Crippen LogP contribution in [0.15, 0.2) is 18.2 Å². The number of fused-ring (bicyclic) bond motifs is 1. The molecule has 4 heteroatoms. The van der Waals surface area contributed by atoms with Crippen molar-refractivity contribution in [3.05, 3.63) is 29.3 Å². The summed E-state index contributed by atoms with van der Waals surface area (Å²) in [4.78, 5) is 11.9. The van der Waals surface area contributed by atoms with Crippen molar-refractivity contribution in [2.75, 3.05) is 18.4 Å². The van der Waals surface area contributed by atoms with Crippen LogP contribution in [0.3, 0.4) is 0 Å². The topological polar surface area (TPSA) is 41.1 Å². The molecule has 3 rings (SSSR count). The van der Waals surface area contributed by atoms with Gasteiger partial charge in [0.05, 0.1) is 0 Å². The molecule has 2 aliphatic rings. The molecule has 1 heterocycles. The van der Waals surface area contributed by atoms with Crippen LogP contribution in [0.25, 0.3) is 0 Å². The second-order valence-electron chi connectivity index (χ2n) is 5.04. The summed E-state index contributed by atoms with van der Waals surface area (Å²) in [5.74, 6) is 0.944. The lowest BCUT2D eigenvalue weighted by Gasteiger charge is -2.06. The lowest BCUT2D eigenvalue weighted by atomic mass is 10.1. The van der Waals surface area contributed by atoms with Crippen molar-refractivity contribution in [3.63, 3.8) is 0 Å². The number of anilines is 1. The maximum Gasteiger partial charge on any atom is 0.251 e. The van der Waals surface area contributed by atoms with Gasteiger partial charge >= 0.3 is 0 Å². The van der Waals surface area contributed by atoms with Crippen molar-refractivity contribution in [2.45, 2.75) is 25.7 Å². The molecule has 1 fully saturated rings. The zero-order valence-corrected chi connectivity index (χ0v) is 11.2. The number of carbonyl (C=O) groups excluding carboxylic acids is 1. The first-order chi connectivity index (χ1) is 8.33. The summed E-state index contributed by atoms with van der Waals surface area (Å²) in [6.07, 6.45) is 4.86. The SMILES string of the molecule is Cl.O=C(NCCC1CC1)c1ccc2c(c1)CCN2. The molecular formula is C14H19ClN2O. The van der Waals surface area contributed by atoms with Crippen molar-refractivity contribution in [1.29, 1.82) is 0 Å². The number of hydrogen-bond donors (Lipinski definition) is 2. The first-order valence-corrected chi connectivity index (χ1v) is 6.48. The number of hydrogen-bond acceptors (Lipinski definition) is 2. The Kier molecular flexibility index (Phi) is 4.12. The molecule has 2 N–H and O–H groups in total. The van der Waals surface area contributed by atoms with E-state index >= 15 is 0 Å². The molecular weight excluding hydrogens is 248 g/mol. The molecule has 0 aromatic heterocycles. The Bertz CT molecular complexity index is 443. The first-order valence-electron chi connectivity index (χ1n) is 6.48. The highest BCUT2D eigenvalue weighted by atomic mass is 35.5. The van der Waals surface area contributed by atoms with Gasteiger partial charge in [0.25, 0.3) is 5.91 Å². The smallest absolute Gasteiger partial charge is 0.251 e. The van der Waals surface area contributed by atoms with Crippen molar-refractivity contribution >= 4 is 24.0 Å². The molecule has 1 aromatic rings. The summed E-state index contributed by atoms with van der Waals surface area (Å²) in [7, 11) is 0. The van der Waals surface area contributed by atoms with E-state index in [2.05, 4.69) is 10.6 Å². The molecule has 0 spiro atoms. The lowest BCUT2D eigenvalue weighted by Crippen LogP contribution is -2.24. The van der Waals surface area contributed by atoms with E-state index in [-0.39, 0.29) is 18.3 Å². The standard InChI is InChI=1S/C14H18N2O.ClH/c17-14(16-7-5-10-1-2-10)12-3-4-13-11(9-12)6-8-15-13;/h3-4,9-10,15H,1-2,5-8H2,(H,16,17);1H. The molecule has 1 amide bonds. The molecule has 0 unspecified atom stereocenters. The van der Waals surface area contributed by atoms with Crippen LogP contribution in [0.4, 0.5) is 5.69 Å². The van der Waals surface area contributed by atoms with Crippen LogP contribution >= 0.6 is 12.4 Å². The summed E-state index contributed by atoms with van der Waals surface area (Å²) >= 11 is 0. The molecule has 18 heavy (non-hydrogen) atoms. The van der Waals surface area contributed by atoms with E-state index in [0.717, 1.165) is 37.4 Å². The van der Waals surface area contributed by atoms with E-state index < -0.39 is 0 Å². The highest BCUT2D eigenvalue weighted by Gasteiger charge is 2.20. The number of benzene rings is 1. The van der Waals surface area contributed by atoms with E-state index in [1.165, 1.54) is 24.1 Å². The molecule has 0 atom stereocenters. The van der Waals surface area contributed by atoms with Gasteiger partial charge in [-0.3, -0.25) is 4.79 Å². The first kappa shape index (κ1) is 13.2. The fourth-order valence-corrected chi connectivity index (χ4v) is 2.34. The molecule has 1 saturated carbocycles. The lowest BCUT2D eigenvalue weighted by molar-refractivity contribution is 0.0952. The predicted molar refractivity (Wildman–Crippen MR) is 75.6 cm³/mol. The average Bonchev–Trinajstić information content (AvgIpc) is 3.04. The Morgan fingerprint density at radius 1 is 1.39 bits per heavy atom. The van der Waals surface area contributed by atoms with Gasteiger partial charge in [0.1, 0.15) is 0 Å². The van der Waals surface area contributed by atoms with Gasteiger partial charge in [0, 0.05) is 24.3 Å². The normalized spacial score (nSPS) is 16.4. The third-order valence-electron chi connectivity index (χ3n) is 3.61. The van der Waals surface area contributed by atoms with E-state index in [1.54, 1.807) is 0 Å². The monoisotopic (exact) mass is 266 g/mol. The van der Waals surface area contributed by atoms with Crippen LogP contribution in [0, 0.1) is 5.92 Å². The van der Waals surface area contributed by atoms with Gasteiger partial charge in [0.2, 0.25) is 0 Å². The van der Waals surface area contributed by atoms with Gasteiger partial charge in [-0.15, -0.1) is 12.4 Å². The number of nitrogens with one attached hydrogen (secondary N) is 2. The van der Waals surface area contributed by atoms with Gasteiger partial charge in [0.15, 0.2) is 0 Å². The van der Waals surface area contributed by atoms with Gasteiger partial charge in [-0.25, -0.2) is 0 Å². The van der Waals surface area contributed by atoms with Crippen LogP contribution < -0.4 is 10.6 Å². The number of rotatable bonds is 4. The Hall–Kier alpha value is -1.22. The van der Waals surface area contributed by atoms with Crippen LogP contribution in [-0.2, 0) is 6.42 Å². The highest BCUT2D eigenvalue weighted by Crippen LogP contribution is 2.31. The van der Waals surface area contributed by atoms with Crippen molar-refractivity contribution in [2.24, 2.45) is 5.92 Å². The summed E-state index contributed by atoms with van der Waals surface area (Å²) in [6, 6.07) is 5.93. The minimum atomic E-state index is 0. The number of amides is 1. The van der Waals surface area contributed by atoms with E-state index in [4.69, 9.17) is 0 Å². The van der Waals surface area contributed by atoms with Crippen molar-refractivity contribution in [3.8, 4) is 0 Å². The summed E-state index contributed by atoms with van der Waals surface area (Å²) in [5, 5.41) is 6.30. The van der Waals surface area contributed by atoms with Crippen molar-refractivity contribution in [1.82, 2.24) is 5.32 Å². The minimum absolute atomic E-state index is 0. The average molecular weight is 267 g/mol. The largest absolute Gasteiger partial charge is 0.384 e. The molecule has 3 nitrogen and oxygen atoms in total. The van der Waals surface area contributed by atoms with Gasteiger partial charge < -0.3 is 10.6 Å². The number of carbonyl (C=O) groups is 1. The second-order valence-corrected chi connectivity index (χ2v) is 5.04. The van der Waals surface area contributed by atoms with E-state index in [0.29, 0.717) is 0 Å². The Balaban J connectivity index is 0.00000120. The summed E-state index contributed by atoms with van der Waals surface area (Å²) in [6.45, 7) is 1.81. The van der Waals surface area contributed by atoms with Gasteiger partial charge in [-0.05, 0) is 42.5 Å². The van der Waals surface area contributed by atoms with Crippen LogP contribution in [0.2, 0.25) is 0 Å². The fraction of sp³-hybridized carbons (Fsp3) is 0.500. The van der Waals surface area contributed by atoms with Crippen LogP contribution in [0.5, 0.6) is 0 Å². The predicted octanol–water partition coefficient (Wildman–Crippen LogP) is 2.61. The van der Waals surface area contributed by atoms with E-state index in [1.807, 2.05) is 18.2 Å². The number of halogens is 1. The van der Waals surface area contributed by atoms with Crippen LogP contribution in [-0.4, -0.2) is 19.0 Å². The summed E-state index contributed by atoms with van der Waals surface area (Å²) < 4.78 is 0. The highest BCUT2D eigenvalue weighted by molar-refractivity contribution is 5.95. The molecule has 1 aliphatic heterocycles. The third kappa shape index (κ3) is 2.96. The molecule has 98 valence electrons. The second kappa shape index (κ2) is 5.61. The summed E-state index contributed by atoms with van der Waals surface area (Å²) in [5.41, 5.74) is 3.24. The zero-order valence-electron chi connectivity index (χ0n) is 10.4. The zero-order chi connectivity index (χ0) is 11.7. The van der Waals surface area contributed by atoms with Gasteiger partial charge in [-0.2, -0.15) is 0 Å². The quantitative estimate of drug-likeness (QED) is 0.880. The van der Waals surface area contributed by atoms with E-state index in [9.17, 15) is 4.79 Å². The Morgan fingerprint density at radius 2 is 2.22 bits per heavy atom. The van der Waals surface area contributed by atoms with Crippen molar-refractivity contribution < 1.29 is 4.79 Å². The van der Waals surface area contributed by atoms with Gasteiger partial charge in [-0.1, -0.05) is 12.8 Å². The van der Waals surface area contributed by atoms with Crippen LogP contribution in [0.1, 0.15) is 35.2 Å². The Morgan fingerprint density at radius 3 is 3.00 bits per heavy atom. The molecule has 0 saturated heterocycles. The minimum Gasteiger partial charge on any atom is -0.384 e. The molecule has 0 radical (unpaired) electrons. The molecule has 1 aromatic carbocycles. The fourth-order valence-electron chi connectivity index (χ4n) is 2.34. The maximum absolute atomic E-state index is 11.9. The molecule has 0 bridgehead atoms. The third-order valence-corrected chi connectivity index (χ3v) is 3.61. The maximum atomic E-state index is 11.9.